The van der Waals surface area contributed by atoms with Crippen molar-refractivity contribution in [3.8, 4) is 5.69 Å². The average Bonchev–Trinajstić information content (AvgIpc) is 3.40. The molecule has 0 aliphatic carbocycles. The molecule has 3 aromatic heterocycles. The van der Waals surface area contributed by atoms with Crippen molar-refractivity contribution in [3.05, 3.63) is 112 Å². The van der Waals surface area contributed by atoms with Gasteiger partial charge in [-0.05, 0) is 72.4 Å². The van der Waals surface area contributed by atoms with Gasteiger partial charge in [-0.15, -0.1) is 0 Å². The van der Waals surface area contributed by atoms with Gasteiger partial charge in [0.25, 0.3) is 0 Å². The van der Waals surface area contributed by atoms with Crippen molar-refractivity contribution in [2.75, 3.05) is 0 Å². The highest BCUT2D eigenvalue weighted by atomic mass is 35.5. The second kappa shape index (κ2) is 8.90. The summed E-state index contributed by atoms with van der Waals surface area (Å²) in [6.45, 7) is 0.641. The Kier molecular flexibility index (Phi) is 5.83. The Morgan fingerprint density at radius 3 is 2.56 bits per heavy atom. The van der Waals surface area contributed by atoms with Crippen LogP contribution in [-0.2, 0) is 6.54 Å². The van der Waals surface area contributed by atoms with Crippen molar-refractivity contribution in [1.82, 2.24) is 24.8 Å². The Morgan fingerprint density at radius 1 is 0.969 bits per heavy atom. The van der Waals surface area contributed by atoms with Crippen LogP contribution in [0.25, 0.3) is 5.69 Å². The van der Waals surface area contributed by atoms with E-state index in [1.165, 1.54) is 0 Å². The maximum absolute atomic E-state index is 6.57. The van der Waals surface area contributed by atoms with Crippen molar-refractivity contribution in [2.24, 2.45) is 0 Å². The number of rotatable bonds is 5. The third kappa shape index (κ3) is 3.97. The Balaban J connectivity index is 1.62. The van der Waals surface area contributed by atoms with Crippen LogP contribution in [0.2, 0.25) is 10.0 Å². The first-order chi connectivity index (χ1) is 15.6. The molecule has 1 N–H and O–H groups in total. The van der Waals surface area contributed by atoms with Crippen LogP contribution in [0.15, 0.2) is 85.5 Å². The van der Waals surface area contributed by atoms with Crippen LogP contribution >= 0.6 is 35.4 Å². The lowest BCUT2D eigenvalue weighted by molar-refractivity contribution is 0.302. The molecule has 1 aliphatic rings. The van der Waals surface area contributed by atoms with Gasteiger partial charge >= 0.3 is 0 Å². The lowest BCUT2D eigenvalue weighted by atomic mass is 10.0. The fourth-order valence-electron chi connectivity index (χ4n) is 4.11. The van der Waals surface area contributed by atoms with E-state index >= 15 is 0 Å². The molecule has 160 valence electrons. The van der Waals surface area contributed by atoms with Crippen LogP contribution in [0.5, 0.6) is 0 Å². The van der Waals surface area contributed by atoms with E-state index in [1.54, 1.807) is 24.7 Å². The summed E-state index contributed by atoms with van der Waals surface area (Å²) in [5.41, 5.74) is 3.95. The molecule has 1 aromatic carbocycles. The first kappa shape index (κ1) is 20.9. The molecule has 2 atom stereocenters. The lowest BCUT2D eigenvalue weighted by Gasteiger charge is -2.29. The summed E-state index contributed by atoms with van der Waals surface area (Å²) in [6, 6.07) is 19.3. The number of nitrogens with one attached hydrogen (secondary N) is 1. The third-order valence-corrected chi connectivity index (χ3v) is 6.44. The van der Waals surface area contributed by atoms with Gasteiger partial charge in [0.15, 0.2) is 5.11 Å². The van der Waals surface area contributed by atoms with Gasteiger partial charge in [-0.3, -0.25) is 9.97 Å². The molecule has 0 unspecified atom stereocenters. The van der Waals surface area contributed by atoms with Crippen molar-refractivity contribution < 1.29 is 0 Å². The lowest BCUT2D eigenvalue weighted by Crippen LogP contribution is -2.30. The topological polar surface area (TPSA) is 46.0 Å². The monoisotopic (exact) mass is 479 g/mol. The van der Waals surface area contributed by atoms with Crippen molar-refractivity contribution in [3.63, 3.8) is 0 Å². The first-order valence-corrected chi connectivity index (χ1v) is 11.3. The number of pyridine rings is 2. The van der Waals surface area contributed by atoms with E-state index in [0.717, 1.165) is 22.6 Å². The zero-order chi connectivity index (χ0) is 22.1. The summed E-state index contributed by atoms with van der Waals surface area (Å²) in [4.78, 5) is 10.9. The van der Waals surface area contributed by atoms with Crippen LogP contribution in [0.4, 0.5) is 0 Å². The molecule has 5 nitrogen and oxygen atoms in total. The fraction of sp³-hybridized carbons (Fsp3) is 0.125. The van der Waals surface area contributed by atoms with E-state index in [2.05, 4.69) is 30.8 Å². The summed E-state index contributed by atoms with van der Waals surface area (Å²) in [5.74, 6) is 0. The van der Waals surface area contributed by atoms with E-state index in [0.29, 0.717) is 21.7 Å². The zero-order valence-electron chi connectivity index (χ0n) is 16.9. The van der Waals surface area contributed by atoms with E-state index in [4.69, 9.17) is 35.4 Å². The molecule has 0 spiro atoms. The molecule has 4 heterocycles. The van der Waals surface area contributed by atoms with E-state index < -0.39 is 0 Å². The summed E-state index contributed by atoms with van der Waals surface area (Å²) in [6.07, 6.45) is 7.40. The minimum atomic E-state index is -0.120. The zero-order valence-corrected chi connectivity index (χ0v) is 19.2. The molecule has 0 saturated carbocycles. The Labute approximate surface area is 201 Å². The van der Waals surface area contributed by atoms with Gasteiger partial charge in [-0.1, -0.05) is 29.3 Å². The molecule has 1 saturated heterocycles. The van der Waals surface area contributed by atoms with Crippen molar-refractivity contribution in [1.29, 1.82) is 0 Å². The SMILES string of the molecule is S=C1N[C@@H](c2ccccn2)[C@H](c2cccn2-c2ccc(Cl)cc2Cl)N1Cc1ccncc1. The van der Waals surface area contributed by atoms with E-state index in [9.17, 15) is 0 Å². The summed E-state index contributed by atoms with van der Waals surface area (Å²) >= 11 is 18.5. The minimum Gasteiger partial charge on any atom is -0.352 e. The molecule has 32 heavy (non-hydrogen) atoms. The average molecular weight is 480 g/mol. The molecule has 0 amide bonds. The molecule has 8 heteroatoms. The normalized spacial score (nSPS) is 18.1. The minimum absolute atomic E-state index is 0.104. The largest absolute Gasteiger partial charge is 0.352 e. The van der Waals surface area contributed by atoms with Gasteiger partial charge in [0.05, 0.1) is 28.5 Å². The quantitative estimate of drug-likeness (QED) is 0.369. The standard InChI is InChI=1S/C24H19Cl2N5S/c25-17-6-7-20(18(26)14-17)30-13-3-5-21(30)23-22(19-4-1-2-10-28-19)29-24(32)31(23)15-16-8-11-27-12-9-16/h1-14,22-23H,15H2,(H,29,32)/t22-,23-/m0/s1. The van der Waals surface area contributed by atoms with E-state index in [1.807, 2.05) is 54.7 Å². The number of aromatic nitrogens is 3. The number of nitrogens with zero attached hydrogens (tertiary/aromatic N) is 4. The Bertz CT molecular complexity index is 1250. The van der Waals surface area contributed by atoms with Crippen LogP contribution in [0.1, 0.15) is 29.0 Å². The molecular weight excluding hydrogens is 461 g/mol. The van der Waals surface area contributed by atoms with Gasteiger partial charge in [0.2, 0.25) is 0 Å². The highest BCUT2D eigenvalue weighted by Gasteiger charge is 2.41. The fourth-order valence-corrected chi connectivity index (χ4v) is 4.92. The first-order valence-electron chi connectivity index (χ1n) is 10.1. The summed E-state index contributed by atoms with van der Waals surface area (Å²) in [7, 11) is 0. The molecule has 1 aliphatic heterocycles. The smallest absolute Gasteiger partial charge is 0.170 e. The number of thiocarbonyl (C=S) groups is 1. The highest BCUT2D eigenvalue weighted by Crippen LogP contribution is 2.41. The molecule has 0 bridgehead atoms. The second-order valence-corrected chi connectivity index (χ2v) is 8.74. The van der Waals surface area contributed by atoms with Crippen molar-refractivity contribution >= 4 is 40.5 Å². The van der Waals surface area contributed by atoms with Gasteiger partial charge in [0.1, 0.15) is 0 Å². The highest BCUT2D eigenvalue weighted by molar-refractivity contribution is 7.80. The summed E-state index contributed by atoms with van der Waals surface area (Å²) < 4.78 is 2.09. The number of hydrogen-bond donors (Lipinski definition) is 1. The van der Waals surface area contributed by atoms with Gasteiger partial charge in [-0.25, -0.2) is 0 Å². The van der Waals surface area contributed by atoms with Crippen LogP contribution in [0.3, 0.4) is 0 Å². The Morgan fingerprint density at radius 2 is 1.81 bits per heavy atom. The molecular formula is C24H19Cl2N5S. The van der Waals surface area contributed by atoms with Gasteiger partial charge in [-0.2, -0.15) is 0 Å². The molecule has 5 rings (SSSR count). The summed E-state index contributed by atoms with van der Waals surface area (Å²) in [5, 5.41) is 5.35. The predicted molar refractivity (Wildman–Crippen MR) is 131 cm³/mol. The molecule has 4 aromatic rings. The predicted octanol–water partition coefficient (Wildman–Crippen LogP) is 5.75. The van der Waals surface area contributed by atoms with Gasteiger partial charge < -0.3 is 14.8 Å². The number of halogens is 2. The van der Waals surface area contributed by atoms with Crippen molar-refractivity contribution in [2.45, 2.75) is 18.6 Å². The maximum atomic E-state index is 6.57. The van der Waals surface area contributed by atoms with Gasteiger partial charge in [0, 0.05) is 42.0 Å². The van der Waals surface area contributed by atoms with Crippen LogP contribution < -0.4 is 5.32 Å². The van der Waals surface area contributed by atoms with Crippen LogP contribution in [0, 0.1) is 0 Å². The second-order valence-electron chi connectivity index (χ2n) is 7.51. The Hall–Kier alpha value is -2.93. The third-order valence-electron chi connectivity index (χ3n) is 5.55. The van der Waals surface area contributed by atoms with Crippen LogP contribution in [-0.4, -0.2) is 24.5 Å². The van der Waals surface area contributed by atoms with E-state index in [-0.39, 0.29) is 12.1 Å². The molecule has 1 fully saturated rings. The number of benzene rings is 1. The number of hydrogen-bond acceptors (Lipinski definition) is 3. The maximum Gasteiger partial charge on any atom is 0.170 e. The molecule has 0 radical (unpaired) electrons.